The summed E-state index contributed by atoms with van der Waals surface area (Å²) in [4.78, 5) is 27.9. The Balaban J connectivity index is 1.70. The molecule has 1 heterocycles. The molecule has 0 spiro atoms. The van der Waals surface area contributed by atoms with Crippen LogP contribution in [-0.2, 0) is 15.8 Å². The molecule has 2 amide bonds. The van der Waals surface area contributed by atoms with Crippen LogP contribution in [0.1, 0.15) is 12.0 Å². The second kappa shape index (κ2) is 8.01. The summed E-state index contributed by atoms with van der Waals surface area (Å²) in [5, 5.41) is 3.80. The first-order valence-corrected chi connectivity index (χ1v) is 8.89. The number of carbonyl (C=O) groups excluding carboxylic acids is 2. The van der Waals surface area contributed by atoms with Gasteiger partial charge in [0.15, 0.2) is 5.17 Å². The Morgan fingerprint density at radius 3 is 2.54 bits per heavy atom. The van der Waals surface area contributed by atoms with E-state index in [1.165, 1.54) is 36.4 Å². The number of alkyl halides is 3. The van der Waals surface area contributed by atoms with Crippen molar-refractivity contribution in [2.24, 2.45) is 4.99 Å². The molecule has 0 aliphatic carbocycles. The second-order valence-electron chi connectivity index (χ2n) is 5.76. The summed E-state index contributed by atoms with van der Waals surface area (Å²) < 4.78 is 52.7. The van der Waals surface area contributed by atoms with Crippen molar-refractivity contribution in [2.45, 2.75) is 17.8 Å². The molecule has 28 heavy (non-hydrogen) atoms. The number of thioether (sulfide) groups is 1. The lowest BCUT2D eigenvalue weighted by Gasteiger charge is -2.09. The zero-order valence-electron chi connectivity index (χ0n) is 14.1. The molecule has 1 atom stereocenters. The number of nitrogens with zero attached hydrogens (tertiary/aromatic N) is 1. The van der Waals surface area contributed by atoms with Crippen molar-refractivity contribution in [3.8, 4) is 0 Å². The highest BCUT2D eigenvalue weighted by atomic mass is 32.2. The van der Waals surface area contributed by atoms with Crippen molar-refractivity contribution in [1.29, 1.82) is 0 Å². The molecule has 1 fully saturated rings. The van der Waals surface area contributed by atoms with Gasteiger partial charge in [0.1, 0.15) is 11.1 Å². The number of amidine groups is 1. The molecule has 3 rings (SSSR count). The molecule has 1 saturated heterocycles. The SMILES string of the molecule is O=C(C[C@H]1SC(=Nc2ccccc2C(F)(F)F)NC1=O)Nc1ccccc1F. The zero-order chi connectivity index (χ0) is 20.3. The van der Waals surface area contributed by atoms with Crippen LogP contribution in [0.25, 0.3) is 0 Å². The predicted molar refractivity (Wildman–Crippen MR) is 97.7 cm³/mol. The standard InChI is InChI=1S/C18H13F4N3O2S/c19-11-6-2-4-8-13(11)23-15(26)9-14-16(27)25-17(28-14)24-12-7-3-1-5-10(12)18(20,21)22/h1-8,14H,9H2,(H,23,26)(H,24,25,27)/t14-/m1/s1. The topological polar surface area (TPSA) is 70.6 Å². The number of halogens is 4. The number of hydrogen-bond donors (Lipinski definition) is 2. The maximum atomic E-state index is 13.6. The van der Waals surface area contributed by atoms with Crippen molar-refractivity contribution in [3.05, 3.63) is 59.9 Å². The number of benzene rings is 2. The first-order chi connectivity index (χ1) is 13.2. The van der Waals surface area contributed by atoms with E-state index >= 15 is 0 Å². The van der Waals surface area contributed by atoms with Gasteiger partial charge in [0, 0.05) is 6.42 Å². The molecular formula is C18H13F4N3O2S. The fraction of sp³-hybridized carbons (Fsp3) is 0.167. The van der Waals surface area contributed by atoms with Gasteiger partial charge in [0.2, 0.25) is 11.8 Å². The van der Waals surface area contributed by atoms with Crippen LogP contribution in [-0.4, -0.2) is 22.2 Å². The van der Waals surface area contributed by atoms with Crippen molar-refractivity contribution in [2.75, 3.05) is 5.32 Å². The minimum absolute atomic E-state index is 0.0242. The average molecular weight is 411 g/mol. The van der Waals surface area contributed by atoms with Crippen LogP contribution in [0.3, 0.4) is 0 Å². The van der Waals surface area contributed by atoms with Crippen LogP contribution in [0.5, 0.6) is 0 Å². The Morgan fingerprint density at radius 2 is 1.82 bits per heavy atom. The molecule has 5 nitrogen and oxygen atoms in total. The first-order valence-electron chi connectivity index (χ1n) is 8.01. The van der Waals surface area contributed by atoms with Gasteiger partial charge in [0.25, 0.3) is 0 Å². The molecule has 2 aromatic rings. The van der Waals surface area contributed by atoms with E-state index in [1.807, 2.05) is 0 Å². The number of hydrogen-bond acceptors (Lipinski definition) is 4. The molecule has 0 bridgehead atoms. The van der Waals surface area contributed by atoms with Crippen molar-refractivity contribution >= 4 is 40.1 Å². The van der Waals surface area contributed by atoms with Crippen LogP contribution < -0.4 is 10.6 Å². The second-order valence-corrected chi connectivity index (χ2v) is 6.95. The molecule has 1 aliphatic heterocycles. The number of carbonyl (C=O) groups is 2. The van der Waals surface area contributed by atoms with Crippen LogP contribution >= 0.6 is 11.8 Å². The largest absolute Gasteiger partial charge is 0.418 e. The number of nitrogens with one attached hydrogen (secondary N) is 2. The fourth-order valence-corrected chi connectivity index (χ4v) is 3.43. The third kappa shape index (κ3) is 4.69. The highest BCUT2D eigenvalue weighted by Gasteiger charge is 2.35. The zero-order valence-corrected chi connectivity index (χ0v) is 14.9. The lowest BCUT2D eigenvalue weighted by Crippen LogP contribution is -2.28. The highest BCUT2D eigenvalue weighted by molar-refractivity contribution is 8.15. The number of amides is 2. The smallest absolute Gasteiger partial charge is 0.324 e. The Hall–Kier alpha value is -2.88. The maximum absolute atomic E-state index is 13.6. The van der Waals surface area contributed by atoms with Gasteiger partial charge in [-0.1, -0.05) is 36.0 Å². The first kappa shape index (κ1) is 19.9. The fourth-order valence-electron chi connectivity index (χ4n) is 2.44. The number of rotatable bonds is 4. The summed E-state index contributed by atoms with van der Waals surface area (Å²) in [6.45, 7) is 0. The van der Waals surface area contributed by atoms with Crippen LogP contribution in [0.2, 0.25) is 0 Å². The van der Waals surface area contributed by atoms with Crippen molar-refractivity contribution < 1.29 is 27.2 Å². The Morgan fingerprint density at radius 1 is 1.14 bits per heavy atom. The van der Waals surface area contributed by atoms with Gasteiger partial charge in [-0.15, -0.1) is 0 Å². The number of para-hydroxylation sites is 2. The Kier molecular flexibility index (Phi) is 5.68. The molecule has 0 radical (unpaired) electrons. The third-order valence-electron chi connectivity index (χ3n) is 3.73. The third-order valence-corrected chi connectivity index (χ3v) is 4.81. The summed E-state index contributed by atoms with van der Waals surface area (Å²) in [6.07, 6.45) is -4.88. The van der Waals surface area contributed by atoms with Gasteiger partial charge in [0.05, 0.1) is 16.9 Å². The lowest BCUT2D eigenvalue weighted by atomic mass is 10.2. The van der Waals surface area contributed by atoms with E-state index in [1.54, 1.807) is 6.07 Å². The molecule has 146 valence electrons. The molecule has 0 aromatic heterocycles. The molecule has 1 aliphatic rings. The predicted octanol–water partition coefficient (Wildman–Crippen LogP) is 4.09. The van der Waals surface area contributed by atoms with Gasteiger partial charge in [-0.3, -0.25) is 9.59 Å². The highest BCUT2D eigenvalue weighted by Crippen LogP contribution is 2.37. The Bertz CT molecular complexity index is 946. The van der Waals surface area contributed by atoms with Crippen LogP contribution in [0.4, 0.5) is 28.9 Å². The minimum Gasteiger partial charge on any atom is -0.324 e. The monoisotopic (exact) mass is 411 g/mol. The summed E-state index contributed by atoms with van der Waals surface area (Å²) >= 11 is 0.843. The molecule has 0 unspecified atom stereocenters. The van der Waals surface area contributed by atoms with E-state index in [9.17, 15) is 27.2 Å². The van der Waals surface area contributed by atoms with Gasteiger partial charge >= 0.3 is 6.18 Å². The molecule has 10 heteroatoms. The number of anilines is 1. The average Bonchev–Trinajstić information content (AvgIpc) is 2.95. The van der Waals surface area contributed by atoms with Crippen LogP contribution in [0, 0.1) is 5.82 Å². The van der Waals surface area contributed by atoms with E-state index in [-0.39, 0.29) is 23.0 Å². The van der Waals surface area contributed by atoms with Gasteiger partial charge in [-0.05, 0) is 24.3 Å². The van der Waals surface area contributed by atoms with E-state index in [0.717, 1.165) is 17.8 Å². The minimum atomic E-state index is -4.59. The molecule has 2 aromatic carbocycles. The number of aliphatic imine (C=N–C) groups is 1. The van der Waals surface area contributed by atoms with Gasteiger partial charge in [-0.2, -0.15) is 13.2 Å². The molecule has 0 saturated carbocycles. The van der Waals surface area contributed by atoms with Gasteiger partial charge < -0.3 is 10.6 Å². The summed E-state index contributed by atoms with van der Waals surface area (Å²) in [5.74, 6) is -1.78. The maximum Gasteiger partial charge on any atom is 0.418 e. The Labute approximate surface area is 161 Å². The van der Waals surface area contributed by atoms with Gasteiger partial charge in [-0.25, -0.2) is 9.38 Å². The van der Waals surface area contributed by atoms with E-state index in [2.05, 4.69) is 15.6 Å². The van der Waals surface area contributed by atoms with E-state index in [0.29, 0.717) is 0 Å². The molecular weight excluding hydrogens is 398 g/mol. The normalized spacial score (nSPS) is 18.2. The van der Waals surface area contributed by atoms with Crippen molar-refractivity contribution in [3.63, 3.8) is 0 Å². The van der Waals surface area contributed by atoms with E-state index < -0.39 is 34.6 Å². The lowest BCUT2D eigenvalue weighted by molar-refractivity contribution is -0.137. The quantitative estimate of drug-likeness (QED) is 0.745. The summed E-state index contributed by atoms with van der Waals surface area (Å²) in [7, 11) is 0. The molecule has 2 N–H and O–H groups in total. The van der Waals surface area contributed by atoms with Crippen molar-refractivity contribution in [1.82, 2.24) is 5.32 Å². The summed E-state index contributed by atoms with van der Waals surface area (Å²) in [5.41, 5.74) is -1.30. The van der Waals surface area contributed by atoms with Crippen LogP contribution in [0.15, 0.2) is 53.5 Å². The summed E-state index contributed by atoms with van der Waals surface area (Å²) in [6, 6.07) is 10.3. The van der Waals surface area contributed by atoms with E-state index in [4.69, 9.17) is 0 Å².